The Balaban J connectivity index is 1.45. The Morgan fingerprint density at radius 2 is 1.51 bits per heavy atom. The molecule has 3 nitrogen and oxygen atoms in total. The zero-order chi connectivity index (χ0) is 24.8. The standard InChI is InChI=1S/C34H25N3/c1-22-7-4-12-29-27(22)18-19-31-32(29)36-34(25-16-14-23(15-17-25)26-10-6-20-35-21-26)37-33(31)30-13-5-9-24-8-2-3-11-28(24)30/h2-22,27H,1H3. The zero-order valence-electron chi connectivity index (χ0n) is 20.5. The van der Waals surface area contributed by atoms with E-state index < -0.39 is 0 Å². The number of fused-ring (bicyclic) bond motifs is 4. The van der Waals surface area contributed by atoms with Gasteiger partial charge in [-0.2, -0.15) is 0 Å². The first-order chi connectivity index (χ1) is 18.3. The van der Waals surface area contributed by atoms with E-state index in [0.29, 0.717) is 11.8 Å². The smallest absolute Gasteiger partial charge is 0.160 e. The molecule has 0 bridgehead atoms. The molecule has 0 radical (unpaired) electrons. The maximum atomic E-state index is 5.22. The molecule has 2 heterocycles. The van der Waals surface area contributed by atoms with Crippen LogP contribution in [-0.4, -0.2) is 15.0 Å². The number of hydrogen-bond donors (Lipinski definition) is 0. The number of rotatable bonds is 3. The van der Waals surface area contributed by atoms with Crippen molar-refractivity contribution in [1.82, 2.24) is 15.0 Å². The Morgan fingerprint density at radius 3 is 2.38 bits per heavy atom. The topological polar surface area (TPSA) is 38.7 Å². The summed E-state index contributed by atoms with van der Waals surface area (Å²) in [6, 6.07) is 27.5. The van der Waals surface area contributed by atoms with Gasteiger partial charge in [0.1, 0.15) is 0 Å². The van der Waals surface area contributed by atoms with Crippen molar-refractivity contribution in [2.75, 3.05) is 0 Å². The van der Waals surface area contributed by atoms with Crippen LogP contribution in [0.15, 0.2) is 116 Å². The van der Waals surface area contributed by atoms with Crippen LogP contribution >= 0.6 is 0 Å². The molecule has 2 aliphatic carbocycles. The first kappa shape index (κ1) is 21.6. The number of nitrogens with zero attached hydrogens (tertiary/aromatic N) is 3. The lowest BCUT2D eigenvalue weighted by atomic mass is 9.77. The van der Waals surface area contributed by atoms with Crippen molar-refractivity contribution >= 4 is 22.4 Å². The molecule has 0 saturated carbocycles. The first-order valence-electron chi connectivity index (χ1n) is 12.7. The fraction of sp³-hybridized carbons (Fsp3) is 0.0882. The molecule has 5 aromatic rings. The normalized spacial score (nSPS) is 17.8. The Bertz CT molecular complexity index is 1720. The molecule has 0 saturated heterocycles. The van der Waals surface area contributed by atoms with Gasteiger partial charge in [0.2, 0.25) is 0 Å². The number of hydrogen-bond acceptors (Lipinski definition) is 3. The van der Waals surface area contributed by atoms with Gasteiger partial charge in [0, 0.05) is 35.0 Å². The van der Waals surface area contributed by atoms with Gasteiger partial charge in [-0.05, 0) is 39.5 Å². The molecule has 0 amide bonds. The second-order valence-corrected chi connectivity index (χ2v) is 9.75. The van der Waals surface area contributed by atoms with Gasteiger partial charge in [-0.15, -0.1) is 0 Å². The highest BCUT2D eigenvalue weighted by Crippen LogP contribution is 2.43. The highest BCUT2D eigenvalue weighted by atomic mass is 14.9. The number of benzene rings is 3. The average Bonchev–Trinajstić information content (AvgIpc) is 2.97. The lowest BCUT2D eigenvalue weighted by Gasteiger charge is -2.29. The molecule has 0 N–H and O–H groups in total. The Morgan fingerprint density at radius 1 is 0.703 bits per heavy atom. The van der Waals surface area contributed by atoms with Gasteiger partial charge in [-0.3, -0.25) is 4.98 Å². The van der Waals surface area contributed by atoms with Gasteiger partial charge in [0.05, 0.1) is 11.4 Å². The van der Waals surface area contributed by atoms with Crippen molar-refractivity contribution < 1.29 is 0 Å². The van der Waals surface area contributed by atoms with Crippen LogP contribution in [0.4, 0.5) is 0 Å². The molecule has 2 aliphatic rings. The van der Waals surface area contributed by atoms with Crippen LogP contribution in [0.25, 0.3) is 56.2 Å². The van der Waals surface area contributed by atoms with Crippen molar-refractivity contribution in [1.29, 1.82) is 0 Å². The zero-order valence-corrected chi connectivity index (χ0v) is 20.5. The number of pyridine rings is 1. The summed E-state index contributed by atoms with van der Waals surface area (Å²) in [6.45, 7) is 2.27. The Kier molecular flexibility index (Phi) is 5.14. The second-order valence-electron chi connectivity index (χ2n) is 9.75. The number of allylic oxidation sites excluding steroid dienone is 5. The van der Waals surface area contributed by atoms with E-state index in [1.54, 1.807) is 6.20 Å². The largest absolute Gasteiger partial charge is 0.264 e. The summed E-state index contributed by atoms with van der Waals surface area (Å²) in [7, 11) is 0. The van der Waals surface area contributed by atoms with Crippen molar-refractivity contribution in [3.63, 3.8) is 0 Å². The van der Waals surface area contributed by atoms with Crippen LogP contribution in [-0.2, 0) is 0 Å². The van der Waals surface area contributed by atoms with Crippen LogP contribution in [0, 0.1) is 11.8 Å². The van der Waals surface area contributed by atoms with Gasteiger partial charge >= 0.3 is 0 Å². The van der Waals surface area contributed by atoms with Crippen LogP contribution in [0.1, 0.15) is 18.2 Å². The summed E-state index contributed by atoms with van der Waals surface area (Å²) in [4.78, 5) is 14.7. The van der Waals surface area contributed by atoms with Crippen LogP contribution in [0.2, 0.25) is 0 Å². The summed E-state index contributed by atoms with van der Waals surface area (Å²) >= 11 is 0. The van der Waals surface area contributed by atoms with Gasteiger partial charge in [-0.25, -0.2) is 9.97 Å². The van der Waals surface area contributed by atoms with E-state index in [4.69, 9.17) is 9.97 Å². The van der Waals surface area contributed by atoms with E-state index in [0.717, 1.165) is 45.0 Å². The monoisotopic (exact) mass is 475 g/mol. The Labute approximate surface area is 216 Å². The minimum atomic E-state index is 0.327. The summed E-state index contributed by atoms with van der Waals surface area (Å²) in [6.07, 6.45) is 14.9. The molecule has 7 rings (SSSR count). The maximum absolute atomic E-state index is 5.22. The third kappa shape index (κ3) is 3.71. The molecule has 3 heteroatoms. The highest BCUT2D eigenvalue weighted by Gasteiger charge is 2.29. The van der Waals surface area contributed by atoms with Crippen LogP contribution in [0.3, 0.4) is 0 Å². The highest BCUT2D eigenvalue weighted by molar-refractivity contribution is 5.99. The first-order valence-corrected chi connectivity index (χ1v) is 12.7. The fourth-order valence-corrected chi connectivity index (χ4v) is 5.52. The second kappa shape index (κ2) is 8.79. The number of aromatic nitrogens is 3. The van der Waals surface area contributed by atoms with E-state index in [1.165, 1.54) is 16.3 Å². The van der Waals surface area contributed by atoms with Crippen molar-refractivity contribution in [2.24, 2.45) is 11.8 Å². The van der Waals surface area contributed by atoms with E-state index in [2.05, 4.69) is 115 Å². The molecule has 0 spiro atoms. The maximum Gasteiger partial charge on any atom is 0.160 e. The lowest BCUT2D eigenvalue weighted by Crippen LogP contribution is -2.17. The molecule has 2 unspecified atom stereocenters. The fourth-order valence-electron chi connectivity index (χ4n) is 5.52. The van der Waals surface area contributed by atoms with E-state index in [1.807, 2.05) is 12.3 Å². The minimum Gasteiger partial charge on any atom is -0.264 e. The molecule has 2 atom stereocenters. The van der Waals surface area contributed by atoms with Crippen molar-refractivity contribution in [3.05, 3.63) is 127 Å². The van der Waals surface area contributed by atoms with E-state index >= 15 is 0 Å². The average molecular weight is 476 g/mol. The summed E-state index contributed by atoms with van der Waals surface area (Å²) in [5.74, 6) is 1.51. The quantitative estimate of drug-likeness (QED) is 0.264. The van der Waals surface area contributed by atoms with E-state index in [9.17, 15) is 0 Å². The third-order valence-electron chi connectivity index (χ3n) is 7.49. The Hall–Kier alpha value is -4.63. The molecule has 2 aromatic heterocycles. The predicted molar refractivity (Wildman–Crippen MR) is 152 cm³/mol. The van der Waals surface area contributed by atoms with Gasteiger partial charge < -0.3 is 0 Å². The molecular weight excluding hydrogens is 450 g/mol. The molecule has 3 aromatic carbocycles. The van der Waals surface area contributed by atoms with Crippen molar-refractivity contribution in [3.8, 4) is 33.8 Å². The molecule has 37 heavy (non-hydrogen) atoms. The predicted octanol–water partition coefficient (Wildman–Crippen LogP) is 8.26. The summed E-state index contributed by atoms with van der Waals surface area (Å²) in [5.41, 5.74) is 8.73. The van der Waals surface area contributed by atoms with Crippen LogP contribution in [0.5, 0.6) is 0 Å². The van der Waals surface area contributed by atoms with E-state index in [-0.39, 0.29) is 0 Å². The summed E-state index contributed by atoms with van der Waals surface area (Å²) in [5, 5.41) is 2.41. The lowest BCUT2D eigenvalue weighted by molar-refractivity contribution is 0.618. The molecular formula is C34H25N3. The molecule has 0 aliphatic heterocycles. The molecule has 0 fully saturated rings. The van der Waals surface area contributed by atoms with Crippen LogP contribution < -0.4 is 0 Å². The van der Waals surface area contributed by atoms with Gasteiger partial charge in [0.15, 0.2) is 5.82 Å². The molecule has 176 valence electrons. The van der Waals surface area contributed by atoms with Gasteiger partial charge in [-0.1, -0.05) is 110 Å². The van der Waals surface area contributed by atoms with Gasteiger partial charge in [0.25, 0.3) is 0 Å². The third-order valence-corrected chi connectivity index (χ3v) is 7.49. The SMILES string of the molecule is CC1C=CC=C2c3nc(-c4ccc(-c5cccnc5)cc4)nc(-c4cccc5ccccc45)c3C=CC21. The summed E-state index contributed by atoms with van der Waals surface area (Å²) < 4.78 is 0. The minimum absolute atomic E-state index is 0.327. The van der Waals surface area contributed by atoms with Crippen molar-refractivity contribution in [2.45, 2.75) is 6.92 Å².